The molecule has 2 heterocycles. The monoisotopic (exact) mass is 514 g/mol. The van der Waals surface area contributed by atoms with Gasteiger partial charge in [-0.15, -0.1) is 0 Å². The summed E-state index contributed by atoms with van der Waals surface area (Å²) in [7, 11) is 1.36. The third-order valence-electron chi connectivity index (χ3n) is 5.35. The number of nitrogens with zero attached hydrogens (tertiary/aromatic N) is 2. The van der Waals surface area contributed by atoms with Crippen molar-refractivity contribution in [2.75, 3.05) is 7.11 Å². The van der Waals surface area contributed by atoms with Crippen LogP contribution in [0.4, 0.5) is 4.79 Å². The first-order valence-corrected chi connectivity index (χ1v) is 11.6. The molecule has 2 atom stereocenters. The molecule has 0 N–H and O–H groups in total. The quantitative estimate of drug-likeness (QED) is 0.192. The first kappa shape index (κ1) is 23.2. The van der Waals surface area contributed by atoms with Crippen LogP contribution in [0.1, 0.15) is 36.7 Å². The lowest BCUT2D eigenvalue weighted by Crippen LogP contribution is -2.28. The van der Waals surface area contributed by atoms with Crippen LogP contribution < -0.4 is 4.74 Å². The number of aromatic nitrogens is 1. The van der Waals surface area contributed by atoms with Gasteiger partial charge in [0.15, 0.2) is 0 Å². The fourth-order valence-corrected chi connectivity index (χ4v) is 4.44. The highest BCUT2D eigenvalue weighted by Gasteiger charge is 2.51. The summed E-state index contributed by atoms with van der Waals surface area (Å²) in [4.78, 5) is 26.3. The van der Waals surface area contributed by atoms with E-state index in [-0.39, 0.29) is 17.1 Å². The summed E-state index contributed by atoms with van der Waals surface area (Å²) < 4.78 is 18.5. The Morgan fingerprint density at radius 3 is 2.48 bits per heavy atom. The van der Waals surface area contributed by atoms with E-state index in [1.165, 1.54) is 7.11 Å². The van der Waals surface area contributed by atoms with Gasteiger partial charge in [-0.25, -0.2) is 9.59 Å². The van der Waals surface area contributed by atoms with Gasteiger partial charge in [-0.1, -0.05) is 46.3 Å². The third-order valence-corrected chi connectivity index (χ3v) is 6.40. The minimum Gasteiger partial charge on any atom is -0.488 e. The third kappa shape index (κ3) is 5.16. The predicted molar refractivity (Wildman–Crippen MR) is 129 cm³/mol. The average molecular weight is 515 g/mol. The standard InChI is InChI=1S/C25H27BrN2O5/c1-25(2,3)33-24(30)28-20(22(28)26)14-27-11-10-18-19(27)12-17(23(29)31-4)13-21(18)32-15-16-8-6-5-7-9-16/h5-13,20,22H,14-15H2,1-4H3/t20-,22-,28?/m0/s1. The van der Waals surface area contributed by atoms with Gasteiger partial charge in [0.05, 0.1) is 24.2 Å². The molecule has 2 aromatic carbocycles. The normalized spacial score (nSPS) is 17.7. The molecule has 1 aliphatic heterocycles. The van der Waals surface area contributed by atoms with E-state index < -0.39 is 11.6 Å². The molecule has 7 nitrogen and oxygen atoms in total. The Morgan fingerprint density at radius 1 is 1.09 bits per heavy atom. The zero-order valence-corrected chi connectivity index (χ0v) is 20.7. The number of carbonyl (C=O) groups is 2. The van der Waals surface area contributed by atoms with Crippen molar-refractivity contribution in [1.82, 2.24) is 9.47 Å². The lowest BCUT2D eigenvalue weighted by Gasteiger charge is -2.20. The van der Waals surface area contributed by atoms with Crippen molar-refractivity contribution in [2.24, 2.45) is 0 Å². The van der Waals surface area contributed by atoms with Crippen molar-refractivity contribution in [3.63, 3.8) is 0 Å². The Bertz CT molecular complexity index is 1170. The maximum Gasteiger partial charge on any atom is 0.411 e. The highest BCUT2D eigenvalue weighted by atomic mass is 79.9. The highest BCUT2D eigenvalue weighted by molar-refractivity contribution is 9.09. The highest BCUT2D eigenvalue weighted by Crippen LogP contribution is 2.38. The number of hydrogen-bond donors (Lipinski definition) is 0. The van der Waals surface area contributed by atoms with Gasteiger partial charge in [0.25, 0.3) is 0 Å². The van der Waals surface area contributed by atoms with Crippen LogP contribution in [0.25, 0.3) is 10.9 Å². The van der Waals surface area contributed by atoms with Crippen LogP contribution in [0.2, 0.25) is 0 Å². The minimum absolute atomic E-state index is 0.0640. The molecule has 0 aliphatic carbocycles. The second kappa shape index (κ2) is 9.09. The summed E-state index contributed by atoms with van der Waals surface area (Å²) >= 11 is 3.56. The number of methoxy groups -OCH3 is 1. The molecule has 4 rings (SSSR count). The van der Waals surface area contributed by atoms with Crippen molar-refractivity contribution < 1.29 is 23.8 Å². The van der Waals surface area contributed by atoms with Gasteiger partial charge < -0.3 is 18.8 Å². The van der Waals surface area contributed by atoms with Crippen molar-refractivity contribution >= 4 is 38.9 Å². The summed E-state index contributed by atoms with van der Waals surface area (Å²) in [5, 5.41) is 0.883. The molecule has 174 valence electrons. The Morgan fingerprint density at radius 2 is 1.82 bits per heavy atom. The lowest BCUT2D eigenvalue weighted by atomic mass is 10.1. The second-order valence-corrected chi connectivity index (χ2v) is 9.91. The molecule has 0 radical (unpaired) electrons. The number of benzene rings is 2. The number of halogens is 1. The van der Waals surface area contributed by atoms with Crippen LogP contribution in [0, 0.1) is 0 Å². The van der Waals surface area contributed by atoms with Gasteiger partial charge in [0, 0.05) is 18.1 Å². The van der Waals surface area contributed by atoms with Crippen LogP contribution in [0.3, 0.4) is 0 Å². The van der Waals surface area contributed by atoms with Gasteiger partial charge in [-0.2, -0.15) is 0 Å². The van der Waals surface area contributed by atoms with Gasteiger partial charge in [0.2, 0.25) is 0 Å². The van der Waals surface area contributed by atoms with E-state index in [0.717, 1.165) is 16.5 Å². The van der Waals surface area contributed by atoms with Crippen LogP contribution in [0.15, 0.2) is 54.7 Å². The van der Waals surface area contributed by atoms with E-state index in [9.17, 15) is 9.59 Å². The van der Waals surface area contributed by atoms with Gasteiger partial charge in [-0.3, -0.25) is 4.90 Å². The largest absolute Gasteiger partial charge is 0.488 e. The number of amides is 1. The molecule has 0 spiro atoms. The second-order valence-electron chi connectivity index (χ2n) is 8.97. The molecule has 8 heteroatoms. The summed E-state index contributed by atoms with van der Waals surface area (Å²) in [5.41, 5.74) is 1.71. The van der Waals surface area contributed by atoms with Gasteiger partial charge in [0.1, 0.15) is 22.9 Å². The fraction of sp³-hybridized carbons (Fsp3) is 0.360. The Labute approximate surface area is 201 Å². The van der Waals surface area contributed by atoms with Gasteiger partial charge >= 0.3 is 12.1 Å². The SMILES string of the molecule is COC(=O)c1cc(OCc2ccccc2)c2ccn(C[C@H]3[C@@H](Br)N3C(=O)OC(C)(C)C)c2c1. The number of fused-ring (bicyclic) bond motifs is 1. The summed E-state index contributed by atoms with van der Waals surface area (Å²) in [6, 6.07) is 15.2. The molecular formula is C25H27BrN2O5. The van der Waals surface area contributed by atoms with Gasteiger partial charge in [-0.05, 0) is 44.5 Å². The maximum atomic E-state index is 12.5. The maximum absolute atomic E-state index is 12.5. The first-order valence-electron chi connectivity index (χ1n) is 10.7. The molecule has 3 aromatic rings. The zero-order valence-electron chi connectivity index (χ0n) is 19.1. The molecule has 0 unspecified atom stereocenters. The number of esters is 1. The molecule has 0 saturated carbocycles. The van der Waals surface area contributed by atoms with Crippen molar-refractivity contribution in [3.05, 3.63) is 65.9 Å². The van der Waals surface area contributed by atoms with Crippen LogP contribution in [0.5, 0.6) is 5.75 Å². The van der Waals surface area contributed by atoms with E-state index in [2.05, 4.69) is 15.9 Å². The van der Waals surface area contributed by atoms with Crippen molar-refractivity contribution in [2.45, 2.75) is 50.5 Å². The molecule has 1 aliphatic rings. The van der Waals surface area contributed by atoms with E-state index in [4.69, 9.17) is 14.2 Å². The molecule has 1 aromatic heterocycles. The van der Waals surface area contributed by atoms with E-state index in [1.54, 1.807) is 17.0 Å². The van der Waals surface area contributed by atoms with Crippen molar-refractivity contribution in [3.8, 4) is 5.75 Å². The van der Waals surface area contributed by atoms with Crippen LogP contribution in [-0.2, 0) is 22.6 Å². The zero-order chi connectivity index (χ0) is 23.8. The Balaban J connectivity index is 1.59. The summed E-state index contributed by atoms with van der Waals surface area (Å²) in [6.07, 6.45) is 1.58. The first-order chi connectivity index (χ1) is 15.7. The van der Waals surface area contributed by atoms with E-state index >= 15 is 0 Å². The number of hydrogen-bond acceptors (Lipinski definition) is 5. The van der Waals surface area contributed by atoms with E-state index in [1.807, 2.05) is 67.9 Å². The molecule has 1 saturated heterocycles. The Kier molecular flexibility index (Phi) is 6.38. The molecule has 33 heavy (non-hydrogen) atoms. The molecule has 1 amide bonds. The lowest BCUT2D eigenvalue weighted by molar-refractivity contribution is 0.0401. The average Bonchev–Trinajstić information content (AvgIpc) is 3.23. The van der Waals surface area contributed by atoms with Crippen molar-refractivity contribution in [1.29, 1.82) is 0 Å². The summed E-state index contributed by atoms with van der Waals surface area (Å²) in [6.45, 7) is 6.46. The fourth-order valence-electron chi connectivity index (χ4n) is 3.69. The number of carbonyl (C=O) groups excluding carboxylic acids is 2. The van der Waals surface area contributed by atoms with E-state index in [0.29, 0.717) is 24.5 Å². The molecule has 0 bridgehead atoms. The number of rotatable bonds is 6. The molecule has 1 fully saturated rings. The predicted octanol–water partition coefficient (Wildman–Crippen LogP) is 5.35. The topological polar surface area (TPSA) is 69.8 Å². The Hall–Kier alpha value is -3.00. The minimum atomic E-state index is -0.558. The smallest absolute Gasteiger partial charge is 0.411 e. The number of ether oxygens (including phenoxy) is 3. The van der Waals surface area contributed by atoms with Crippen LogP contribution >= 0.6 is 15.9 Å². The summed E-state index contributed by atoms with van der Waals surface area (Å²) in [5.74, 6) is 0.167. The molecular weight excluding hydrogens is 488 g/mol. The number of alkyl halides is 1. The van der Waals surface area contributed by atoms with Crippen LogP contribution in [-0.4, -0.2) is 45.2 Å².